The number of nitrogens with zero attached hydrogens (tertiary/aromatic N) is 3. The molecular weight excluding hydrogens is 342 g/mol. The number of hydrogen-bond donors (Lipinski definition) is 2. The first-order valence-electron chi connectivity index (χ1n) is 8.63. The van der Waals surface area contributed by atoms with Gasteiger partial charge in [0.2, 0.25) is 5.91 Å². The van der Waals surface area contributed by atoms with E-state index in [2.05, 4.69) is 25.6 Å². The average molecular weight is 359 g/mol. The molecular formula is C20H17N5O2. The number of benzene rings is 1. The highest BCUT2D eigenvalue weighted by Gasteiger charge is 2.22. The maximum absolute atomic E-state index is 12.5. The van der Waals surface area contributed by atoms with Gasteiger partial charge in [-0.25, -0.2) is 9.97 Å². The van der Waals surface area contributed by atoms with Crippen molar-refractivity contribution >= 4 is 17.5 Å². The second kappa shape index (κ2) is 7.33. The molecule has 1 saturated heterocycles. The highest BCUT2D eigenvalue weighted by molar-refractivity contribution is 6.04. The minimum absolute atomic E-state index is 0.00431. The smallest absolute Gasteiger partial charge is 0.258 e. The predicted octanol–water partition coefficient (Wildman–Crippen LogP) is 2.74. The van der Waals surface area contributed by atoms with Gasteiger partial charge in [0.15, 0.2) is 5.82 Å². The predicted molar refractivity (Wildman–Crippen MR) is 99.8 cm³/mol. The van der Waals surface area contributed by atoms with Crippen molar-refractivity contribution in [2.75, 3.05) is 5.32 Å². The molecule has 2 aromatic heterocycles. The number of hydrogen-bond acceptors (Lipinski definition) is 5. The topological polar surface area (TPSA) is 96.9 Å². The number of nitrogens with one attached hydrogen (secondary N) is 2. The number of pyridine rings is 1. The molecule has 0 bridgehead atoms. The third-order valence-corrected chi connectivity index (χ3v) is 4.35. The van der Waals surface area contributed by atoms with Crippen molar-refractivity contribution in [1.29, 1.82) is 0 Å². The monoisotopic (exact) mass is 359 g/mol. The lowest BCUT2D eigenvalue weighted by Gasteiger charge is -2.12. The Morgan fingerprint density at radius 1 is 1.07 bits per heavy atom. The molecule has 1 atom stereocenters. The van der Waals surface area contributed by atoms with E-state index in [4.69, 9.17) is 0 Å². The Kier molecular flexibility index (Phi) is 4.57. The Bertz CT molecular complexity index is 973. The summed E-state index contributed by atoms with van der Waals surface area (Å²) in [4.78, 5) is 36.5. The van der Waals surface area contributed by atoms with Gasteiger partial charge in [0.05, 0.1) is 11.6 Å². The number of anilines is 1. The Morgan fingerprint density at radius 2 is 1.93 bits per heavy atom. The van der Waals surface area contributed by atoms with Crippen LogP contribution in [0.2, 0.25) is 0 Å². The summed E-state index contributed by atoms with van der Waals surface area (Å²) in [6.45, 7) is 0. The third-order valence-electron chi connectivity index (χ3n) is 4.35. The molecule has 3 aromatic rings. The maximum atomic E-state index is 12.5. The molecule has 1 unspecified atom stereocenters. The van der Waals surface area contributed by atoms with E-state index in [0.29, 0.717) is 29.2 Å². The van der Waals surface area contributed by atoms with Crippen molar-refractivity contribution < 1.29 is 9.59 Å². The molecule has 0 aliphatic carbocycles. The summed E-state index contributed by atoms with van der Waals surface area (Å²) in [5, 5.41) is 5.77. The van der Waals surface area contributed by atoms with E-state index < -0.39 is 0 Å². The van der Waals surface area contributed by atoms with E-state index in [1.165, 1.54) is 12.4 Å². The molecule has 0 spiro atoms. The highest BCUT2D eigenvalue weighted by atomic mass is 16.2. The van der Waals surface area contributed by atoms with Gasteiger partial charge in [0.1, 0.15) is 5.69 Å². The Hall–Kier alpha value is -3.61. The molecule has 1 aromatic carbocycles. The first kappa shape index (κ1) is 16.8. The fraction of sp³-hybridized carbons (Fsp3) is 0.150. The van der Waals surface area contributed by atoms with Crippen LogP contribution in [0.25, 0.3) is 11.5 Å². The molecule has 2 amide bonds. The zero-order valence-corrected chi connectivity index (χ0v) is 14.4. The Morgan fingerprint density at radius 3 is 2.63 bits per heavy atom. The van der Waals surface area contributed by atoms with E-state index in [1.807, 2.05) is 36.4 Å². The van der Waals surface area contributed by atoms with Crippen LogP contribution in [-0.4, -0.2) is 26.8 Å². The molecule has 1 aliphatic heterocycles. The summed E-state index contributed by atoms with van der Waals surface area (Å²) in [6, 6.07) is 13.0. The normalized spacial score (nSPS) is 16.0. The molecule has 1 aliphatic rings. The lowest BCUT2D eigenvalue weighted by Crippen LogP contribution is -2.18. The van der Waals surface area contributed by atoms with Crippen molar-refractivity contribution in [2.24, 2.45) is 0 Å². The van der Waals surface area contributed by atoms with Gasteiger partial charge >= 0.3 is 0 Å². The second-order valence-electron chi connectivity index (χ2n) is 6.25. The van der Waals surface area contributed by atoms with Crippen LogP contribution in [0.3, 0.4) is 0 Å². The molecule has 2 N–H and O–H groups in total. The quantitative estimate of drug-likeness (QED) is 0.746. The van der Waals surface area contributed by atoms with Gasteiger partial charge in [-0.05, 0) is 36.2 Å². The van der Waals surface area contributed by atoms with Gasteiger partial charge in [-0.3, -0.25) is 14.6 Å². The molecule has 3 heterocycles. The molecule has 4 rings (SSSR count). The number of rotatable bonds is 4. The first-order chi connectivity index (χ1) is 13.2. The van der Waals surface area contributed by atoms with Crippen LogP contribution < -0.4 is 10.6 Å². The molecule has 7 heteroatoms. The van der Waals surface area contributed by atoms with E-state index in [1.54, 1.807) is 12.3 Å². The van der Waals surface area contributed by atoms with Crippen LogP contribution >= 0.6 is 0 Å². The summed E-state index contributed by atoms with van der Waals surface area (Å²) in [5.41, 5.74) is 2.64. The van der Waals surface area contributed by atoms with Gasteiger partial charge in [0, 0.05) is 30.7 Å². The largest absolute Gasteiger partial charge is 0.349 e. The molecule has 27 heavy (non-hydrogen) atoms. The van der Waals surface area contributed by atoms with Crippen molar-refractivity contribution in [2.45, 2.75) is 18.9 Å². The number of carbonyl (C=O) groups is 2. The second-order valence-corrected chi connectivity index (χ2v) is 6.25. The van der Waals surface area contributed by atoms with Crippen LogP contribution in [0.1, 0.15) is 34.8 Å². The van der Waals surface area contributed by atoms with Crippen molar-refractivity contribution in [3.63, 3.8) is 0 Å². The molecule has 0 saturated carbocycles. The summed E-state index contributed by atoms with van der Waals surface area (Å²) in [6.07, 6.45) is 5.92. The lowest BCUT2D eigenvalue weighted by atomic mass is 10.0. The summed E-state index contributed by atoms with van der Waals surface area (Å²) in [5.74, 6) is 0.223. The van der Waals surface area contributed by atoms with Gasteiger partial charge in [-0.1, -0.05) is 18.2 Å². The Balaban J connectivity index is 1.47. The molecule has 7 nitrogen and oxygen atoms in total. The summed E-state index contributed by atoms with van der Waals surface area (Å²) >= 11 is 0. The maximum Gasteiger partial charge on any atom is 0.258 e. The van der Waals surface area contributed by atoms with Gasteiger partial charge in [-0.15, -0.1) is 0 Å². The van der Waals surface area contributed by atoms with Crippen molar-refractivity contribution in [3.8, 4) is 11.5 Å². The van der Waals surface area contributed by atoms with E-state index in [0.717, 1.165) is 12.0 Å². The fourth-order valence-electron chi connectivity index (χ4n) is 2.97. The third kappa shape index (κ3) is 3.82. The van der Waals surface area contributed by atoms with E-state index in [-0.39, 0.29) is 17.9 Å². The van der Waals surface area contributed by atoms with Gasteiger partial charge in [-0.2, -0.15) is 0 Å². The van der Waals surface area contributed by atoms with Crippen LogP contribution in [-0.2, 0) is 4.79 Å². The molecule has 0 radical (unpaired) electrons. The van der Waals surface area contributed by atoms with Gasteiger partial charge in [0.25, 0.3) is 5.91 Å². The standard InChI is InChI=1S/C20H17N5O2/c26-18-8-7-16(25-18)13-4-3-5-15(10-13)24-20(27)14-11-22-19(23-12-14)17-6-1-2-9-21-17/h1-6,9-12,16H,7-8H2,(H,24,27)(H,25,26). The summed E-state index contributed by atoms with van der Waals surface area (Å²) in [7, 11) is 0. The number of amides is 2. The number of aromatic nitrogens is 3. The number of carbonyl (C=O) groups excluding carboxylic acids is 2. The SMILES string of the molecule is O=C1CCC(c2cccc(NC(=O)c3cnc(-c4ccccn4)nc3)c2)N1. The molecule has 1 fully saturated rings. The van der Waals surface area contributed by atoms with Crippen molar-refractivity contribution in [1.82, 2.24) is 20.3 Å². The molecule has 134 valence electrons. The fourth-order valence-corrected chi connectivity index (χ4v) is 2.97. The lowest BCUT2D eigenvalue weighted by molar-refractivity contribution is -0.119. The average Bonchev–Trinajstić information content (AvgIpc) is 3.15. The highest BCUT2D eigenvalue weighted by Crippen LogP contribution is 2.25. The van der Waals surface area contributed by atoms with Crippen LogP contribution in [0.5, 0.6) is 0 Å². The van der Waals surface area contributed by atoms with Crippen LogP contribution in [0.4, 0.5) is 5.69 Å². The van der Waals surface area contributed by atoms with Gasteiger partial charge < -0.3 is 10.6 Å². The summed E-state index contributed by atoms with van der Waals surface area (Å²) < 4.78 is 0. The van der Waals surface area contributed by atoms with E-state index in [9.17, 15) is 9.59 Å². The zero-order valence-electron chi connectivity index (χ0n) is 14.4. The minimum atomic E-state index is -0.296. The van der Waals surface area contributed by atoms with E-state index >= 15 is 0 Å². The minimum Gasteiger partial charge on any atom is -0.349 e. The van der Waals surface area contributed by atoms with Crippen LogP contribution in [0.15, 0.2) is 61.1 Å². The van der Waals surface area contributed by atoms with Crippen molar-refractivity contribution in [3.05, 3.63) is 72.2 Å². The van der Waals surface area contributed by atoms with Crippen LogP contribution in [0, 0.1) is 0 Å². The zero-order chi connectivity index (χ0) is 18.6. The Labute approximate surface area is 155 Å². The first-order valence-corrected chi connectivity index (χ1v) is 8.63.